The molecule has 0 saturated carbocycles. The molecule has 5 nitrogen and oxygen atoms in total. The van der Waals surface area contributed by atoms with Crippen LogP contribution in [0.2, 0.25) is 0 Å². The highest BCUT2D eigenvalue weighted by molar-refractivity contribution is 7.88. The van der Waals surface area contributed by atoms with E-state index in [2.05, 4.69) is 33.6 Å². The van der Waals surface area contributed by atoms with Crippen LogP contribution in [0.1, 0.15) is 37.8 Å². The van der Waals surface area contributed by atoms with E-state index in [0.717, 1.165) is 38.0 Å². The summed E-state index contributed by atoms with van der Waals surface area (Å²) >= 11 is 0. The Balaban J connectivity index is 1.86. The quantitative estimate of drug-likeness (QED) is 0.804. The van der Waals surface area contributed by atoms with E-state index in [0.29, 0.717) is 0 Å². The minimum atomic E-state index is -3.12. The predicted molar refractivity (Wildman–Crippen MR) is 95.9 cm³/mol. The number of likely N-dealkylation sites (tertiary alicyclic amines) is 1. The molecular weight excluding hydrogens is 324 g/mol. The molecule has 1 fully saturated rings. The van der Waals surface area contributed by atoms with E-state index >= 15 is 0 Å². The SMILES string of the molecule is CC(C)(O)C#Cc1ccc(CN2CCC(NS(C)(=O)=O)CC2)cc1. The maximum Gasteiger partial charge on any atom is 0.208 e. The van der Waals surface area contributed by atoms with Crippen LogP contribution in [0, 0.1) is 11.8 Å². The minimum Gasteiger partial charge on any atom is -0.378 e. The summed E-state index contributed by atoms with van der Waals surface area (Å²) in [5, 5.41) is 9.62. The molecule has 0 bridgehead atoms. The van der Waals surface area contributed by atoms with E-state index < -0.39 is 15.6 Å². The number of aliphatic hydroxyl groups is 1. The second-order valence-corrected chi connectivity index (χ2v) is 8.73. The predicted octanol–water partition coefficient (Wildman–Crippen LogP) is 1.32. The molecule has 0 spiro atoms. The third-order valence-electron chi connectivity index (χ3n) is 3.84. The van der Waals surface area contributed by atoms with Gasteiger partial charge in [0, 0.05) is 31.2 Å². The normalized spacial score (nSPS) is 17.3. The molecule has 0 aliphatic carbocycles. The van der Waals surface area contributed by atoms with Crippen LogP contribution < -0.4 is 4.72 Å². The summed E-state index contributed by atoms with van der Waals surface area (Å²) in [6.07, 6.45) is 2.88. The van der Waals surface area contributed by atoms with Gasteiger partial charge in [0.05, 0.1) is 6.26 Å². The maximum atomic E-state index is 11.3. The molecule has 2 N–H and O–H groups in total. The highest BCUT2D eigenvalue weighted by Gasteiger charge is 2.21. The fourth-order valence-electron chi connectivity index (χ4n) is 2.69. The minimum absolute atomic E-state index is 0.0516. The number of nitrogens with one attached hydrogen (secondary N) is 1. The van der Waals surface area contributed by atoms with Gasteiger partial charge in [-0.1, -0.05) is 24.0 Å². The fraction of sp³-hybridized carbons (Fsp3) is 0.556. The number of hydrogen-bond donors (Lipinski definition) is 2. The van der Waals surface area contributed by atoms with Gasteiger partial charge in [-0.15, -0.1) is 0 Å². The first kappa shape index (κ1) is 18.9. The van der Waals surface area contributed by atoms with Crippen LogP contribution in [-0.2, 0) is 16.6 Å². The van der Waals surface area contributed by atoms with Crippen molar-refractivity contribution in [3.63, 3.8) is 0 Å². The maximum absolute atomic E-state index is 11.3. The zero-order chi connectivity index (χ0) is 17.8. The van der Waals surface area contributed by atoms with Gasteiger partial charge in [-0.2, -0.15) is 0 Å². The van der Waals surface area contributed by atoms with Gasteiger partial charge in [-0.25, -0.2) is 13.1 Å². The number of rotatable bonds is 4. The first-order valence-corrected chi connectivity index (χ1v) is 10.0. The molecule has 0 amide bonds. The molecule has 0 radical (unpaired) electrons. The summed E-state index contributed by atoms with van der Waals surface area (Å²) in [5.41, 5.74) is 1.11. The van der Waals surface area contributed by atoms with Crippen LogP contribution in [0.25, 0.3) is 0 Å². The molecule has 1 aromatic rings. The summed E-state index contributed by atoms with van der Waals surface area (Å²) in [7, 11) is -3.12. The van der Waals surface area contributed by atoms with Gasteiger partial charge in [-0.3, -0.25) is 4.90 Å². The first-order valence-electron chi connectivity index (χ1n) is 8.15. The molecular formula is C18H26N2O3S. The summed E-state index contributed by atoms with van der Waals surface area (Å²) < 4.78 is 25.2. The van der Waals surface area contributed by atoms with Crippen LogP contribution in [0.4, 0.5) is 0 Å². The molecule has 2 rings (SSSR count). The fourth-order valence-corrected chi connectivity index (χ4v) is 3.53. The number of nitrogens with zero attached hydrogens (tertiary/aromatic N) is 1. The third kappa shape index (κ3) is 7.02. The van der Waals surface area contributed by atoms with Gasteiger partial charge >= 0.3 is 0 Å². The van der Waals surface area contributed by atoms with Crippen LogP contribution in [-0.4, -0.2) is 49.4 Å². The summed E-state index contributed by atoms with van der Waals surface area (Å²) in [5.74, 6) is 5.77. The average molecular weight is 350 g/mol. The van der Waals surface area contributed by atoms with Gasteiger partial charge in [-0.05, 0) is 44.4 Å². The summed E-state index contributed by atoms with van der Waals surface area (Å²) in [4.78, 5) is 2.33. The first-order chi connectivity index (χ1) is 11.1. The number of benzene rings is 1. The van der Waals surface area contributed by atoms with E-state index in [1.807, 2.05) is 12.1 Å². The Hall–Kier alpha value is -1.39. The van der Waals surface area contributed by atoms with E-state index in [1.165, 1.54) is 11.8 Å². The highest BCUT2D eigenvalue weighted by Crippen LogP contribution is 2.15. The Kier molecular flexibility index (Phi) is 6.05. The van der Waals surface area contributed by atoms with Crippen molar-refractivity contribution in [2.24, 2.45) is 0 Å². The topological polar surface area (TPSA) is 69.6 Å². The second-order valence-electron chi connectivity index (χ2n) is 6.95. The van der Waals surface area contributed by atoms with Crippen molar-refractivity contribution in [1.29, 1.82) is 0 Å². The lowest BCUT2D eigenvalue weighted by Crippen LogP contribution is -2.43. The Morgan fingerprint density at radius 2 is 1.83 bits per heavy atom. The molecule has 0 unspecified atom stereocenters. The molecule has 1 saturated heterocycles. The zero-order valence-electron chi connectivity index (χ0n) is 14.5. The molecule has 24 heavy (non-hydrogen) atoms. The van der Waals surface area contributed by atoms with Crippen molar-refractivity contribution in [3.8, 4) is 11.8 Å². The molecule has 132 valence electrons. The van der Waals surface area contributed by atoms with Crippen molar-refractivity contribution in [1.82, 2.24) is 9.62 Å². The van der Waals surface area contributed by atoms with Crippen LogP contribution in [0.3, 0.4) is 0 Å². The van der Waals surface area contributed by atoms with Crippen LogP contribution >= 0.6 is 0 Å². The molecule has 1 aromatic carbocycles. The Bertz CT molecular complexity index is 701. The highest BCUT2D eigenvalue weighted by atomic mass is 32.2. The Morgan fingerprint density at radius 1 is 1.25 bits per heavy atom. The number of sulfonamides is 1. The van der Waals surface area contributed by atoms with Crippen LogP contribution in [0.15, 0.2) is 24.3 Å². The molecule has 1 aliphatic heterocycles. The third-order valence-corrected chi connectivity index (χ3v) is 4.60. The Labute approximate surface area is 145 Å². The van der Waals surface area contributed by atoms with Gasteiger partial charge in [0.15, 0.2) is 0 Å². The summed E-state index contributed by atoms with van der Waals surface area (Å²) in [6.45, 7) is 5.94. The largest absolute Gasteiger partial charge is 0.378 e. The van der Waals surface area contributed by atoms with Crippen LogP contribution in [0.5, 0.6) is 0 Å². The van der Waals surface area contributed by atoms with Gasteiger partial charge < -0.3 is 5.11 Å². The molecule has 1 heterocycles. The van der Waals surface area contributed by atoms with Crippen molar-refractivity contribution >= 4 is 10.0 Å². The average Bonchev–Trinajstić information content (AvgIpc) is 2.46. The number of hydrogen-bond acceptors (Lipinski definition) is 4. The number of piperidine rings is 1. The lowest BCUT2D eigenvalue weighted by molar-refractivity contribution is 0.143. The molecule has 6 heteroatoms. The Morgan fingerprint density at radius 3 is 2.33 bits per heavy atom. The smallest absolute Gasteiger partial charge is 0.208 e. The van der Waals surface area contributed by atoms with E-state index in [9.17, 15) is 13.5 Å². The van der Waals surface area contributed by atoms with Gasteiger partial charge in [0.2, 0.25) is 10.0 Å². The second kappa shape index (κ2) is 7.66. The van der Waals surface area contributed by atoms with Crippen molar-refractivity contribution < 1.29 is 13.5 Å². The van der Waals surface area contributed by atoms with Gasteiger partial charge in [0.25, 0.3) is 0 Å². The van der Waals surface area contributed by atoms with E-state index in [-0.39, 0.29) is 6.04 Å². The van der Waals surface area contributed by atoms with E-state index in [1.54, 1.807) is 13.8 Å². The lowest BCUT2D eigenvalue weighted by atomic mass is 10.0. The standard InChI is InChI=1S/C18H26N2O3S/c1-18(2,21)11-8-15-4-6-16(7-5-15)14-20-12-9-17(10-13-20)19-24(3,22)23/h4-7,17,19,21H,9-10,12-14H2,1-3H3. The monoisotopic (exact) mass is 350 g/mol. The van der Waals surface area contributed by atoms with Crippen molar-refractivity contribution in [2.45, 2.75) is 44.9 Å². The molecule has 0 aromatic heterocycles. The van der Waals surface area contributed by atoms with E-state index in [4.69, 9.17) is 0 Å². The summed E-state index contributed by atoms with van der Waals surface area (Å²) in [6, 6.07) is 8.08. The lowest BCUT2D eigenvalue weighted by Gasteiger charge is -2.31. The molecule has 0 atom stereocenters. The zero-order valence-corrected chi connectivity index (χ0v) is 15.4. The van der Waals surface area contributed by atoms with Crippen molar-refractivity contribution in [3.05, 3.63) is 35.4 Å². The molecule has 1 aliphatic rings. The van der Waals surface area contributed by atoms with Crippen molar-refractivity contribution in [2.75, 3.05) is 19.3 Å². The van der Waals surface area contributed by atoms with Gasteiger partial charge in [0.1, 0.15) is 5.60 Å².